The van der Waals surface area contributed by atoms with Gasteiger partial charge in [-0.3, -0.25) is 0 Å². The van der Waals surface area contributed by atoms with Crippen LogP contribution >= 0.6 is 0 Å². The van der Waals surface area contributed by atoms with Crippen molar-refractivity contribution in [2.24, 2.45) is 0 Å². The molecule has 0 bridgehead atoms. The van der Waals surface area contributed by atoms with Crippen LogP contribution in [0.3, 0.4) is 0 Å². The van der Waals surface area contributed by atoms with Gasteiger partial charge in [0.05, 0.1) is 38.6 Å². The van der Waals surface area contributed by atoms with Gasteiger partial charge in [-0.15, -0.1) is 0 Å². The fourth-order valence-corrected chi connectivity index (χ4v) is 10.1. The molecule has 59 heavy (non-hydrogen) atoms. The van der Waals surface area contributed by atoms with Crippen LogP contribution in [0.5, 0.6) is 0 Å². The average molecular weight is 757 g/mol. The molecule has 0 radical (unpaired) electrons. The molecular weight excluding hydrogens is 717 g/mol. The van der Waals surface area contributed by atoms with Crippen LogP contribution in [0.15, 0.2) is 188 Å². The number of fused-ring (bicyclic) bond motifs is 12. The number of benzene rings is 8. The summed E-state index contributed by atoms with van der Waals surface area (Å²) in [7, 11) is 0. The third-order valence-corrected chi connectivity index (χ3v) is 12.4. The van der Waals surface area contributed by atoms with E-state index in [0.717, 1.165) is 23.5 Å². The quantitative estimate of drug-likeness (QED) is 0.161. The molecule has 0 aliphatic rings. The number of nitrogens with zero attached hydrogens (tertiary/aromatic N) is 4. The van der Waals surface area contributed by atoms with E-state index in [9.17, 15) is 0 Å². The Morgan fingerprint density at radius 1 is 0.373 bits per heavy atom. The van der Waals surface area contributed by atoms with Crippen LogP contribution in [0.4, 0.5) is 0 Å². The molecule has 12 aromatic rings. The monoisotopic (exact) mass is 756 g/mol. The molecule has 0 unspecified atom stereocenters. The van der Waals surface area contributed by atoms with E-state index in [1.165, 1.54) is 93.3 Å². The van der Waals surface area contributed by atoms with E-state index in [2.05, 4.69) is 226 Å². The molecule has 8 aromatic carbocycles. The first-order valence-electron chi connectivity index (χ1n) is 20.6. The molecule has 12 rings (SSSR count). The minimum Gasteiger partial charge on any atom is -0.309 e. The molecule has 4 nitrogen and oxygen atoms in total. The lowest BCUT2D eigenvalue weighted by Gasteiger charge is -2.14. The molecule has 0 saturated heterocycles. The number of hydrogen-bond acceptors (Lipinski definition) is 0. The van der Waals surface area contributed by atoms with Crippen LogP contribution in [0.25, 0.3) is 105 Å². The zero-order valence-electron chi connectivity index (χ0n) is 33.0. The average Bonchev–Trinajstić information content (AvgIpc) is 4.02. The molecule has 0 fully saturated rings. The van der Waals surface area contributed by atoms with Gasteiger partial charge in [-0.05, 0) is 97.8 Å². The van der Waals surface area contributed by atoms with Crippen molar-refractivity contribution in [3.8, 4) is 22.7 Å². The Balaban J connectivity index is 1.18. The maximum atomic E-state index is 2.51. The summed E-state index contributed by atoms with van der Waals surface area (Å²) in [6.07, 6.45) is 5.38. The number of rotatable bonds is 6. The van der Waals surface area contributed by atoms with Crippen molar-refractivity contribution in [1.82, 2.24) is 18.3 Å². The number of allylic oxidation sites excluding steroid dienone is 1. The number of para-hydroxylation sites is 5. The molecule has 4 heterocycles. The summed E-state index contributed by atoms with van der Waals surface area (Å²) in [5.74, 6) is 0. The van der Waals surface area contributed by atoms with Gasteiger partial charge in [-0.2, -0.15) is 0 Å². The van der Waals surface area contributed by atoms with Gasteiger partial charge in [0.2, 0.25) is 0 Å². The molecule has 0 atom stereocenters. The Hall–Kier alpha value is -7.56. The Morgan fingerprint density at radius 2 is 0.831 bits per heavy atom. The Labute approximate surface area is 341 Å². The van der Waals surface area contributed by atoms with Crippen LogP contribution in [0, 0.1) is 0 Å². The summed E-state index contributed by atoms with van der Waals surface area (Å²) in [5.41, 5.74) is 15.6. The van der Waals surface area contributed by atoms with Crippen LogP contribution in [-0.4, -0.2) is 18.3 Å². The maximum absolute atomic E-state index is 2.51. The summed E-state index contributed by atoms with van der Waals surface area (Å²) in [6.45, 7) is 4.43. The molecule has 0 spiro atoms. The fraction of sp³-hybridized carbons (Fsp3) is 0.0545. The van der Waals surface area contributed by atoms with Gasteiger partial charge in [-0.1, -0.05) is 122 Å². The summed E-state index contributed by atoms with van der Waals surface area (Å²) in [5, 5.41) is 8.84. The van der Waals surface area contributed by atoms with Gasteiger partial charge in [0.15, 0.2) is 0 Å². The molecule has 280 valence electrons. The molecule has 0 aliphatic carbocycles. The van der Waals surface area contributed by atoms with Crippen molar-refractivity contribution in [2.75, 3.05) is 0 Å². The second-order valence-electron chi connectivity index (χ2n) is 15.5. The lowest BCUT2D eigenvalue weighted by Crippen LogP contribution is -2.01. The van der Waals surface area contributed by atoms with Crippen LogP contribution in [0.1, 0.15) is 25.1 Å². The predicted molar refractivity (Wildman–Crippen MR) is 250 cm³/mol. The molecule has 0 N–H and O–H groups in total. The van der Waals surface area contributed by atoms with E-state index >= 15 is 0 Å². The third kappa shape index (κ3) is 4.71. The van der Waals surface area contributed by atoms with Gasteiger partial charge >= 0.3 is 0 Å². The van der Waals surface area contributed by atoms with E-state index in [1.807, 2.05) is 0 Å². The lowest BCUT2D eigenvalue weighted by molar-refractivity contribution is 1.05. The molecular formula is C55H40N4. The number of aryl methyl sites for hydroxylation is 1. The van der Waals surface area contributed by atoms with Crippen LogP contribution in [-0.2, 0) is 6.42 Å². The largest absolute Gasteiger partial charge is 0.309 e. The van der Waals surface area contributed by atoms with Gasteiger partial charge in [0, 0.05) is 66.1 Å². The fourth-order valence-electron chi connectivity index (χ4n) is 10.1. The molecule has 0 saturated carbocycles. The highest BCUT2D eigenvalue weighted by Gasteiger charge is 2.24. The van der Waals surface area contributed by atoms with Crippen molar-refractivity contribution in [1.29, 1.82) is 0 Å². The highest BCUT2D eigenvalue weighted by atomic mass is 15.0. The summed E-state index contributed by atoms with van der Waals surface area (Å²) >= 11 is 0. The standard InChI is InChI=1S/C55H40N4/c1-3-18-46-40(4-2)52-50(33-31-43-41-25-11-14-28-47(41)58(54(43)52)37-21-9-6-10-22-37)57(46)38-23-17-24-39(35-38)59-48-29-15-12-26-42(48)44-32-34-51-53(55(44)59)45-27-13-16-30-49(45)56(51)36-19-7-5-8-20-36/h3,5-35H,4H2,1-2H3/b18-3-. The summed E-state index contributed by atoms with van der Waals surface area (Å²) in [6, 6.07) is 66.6. The molecule has 4 aromatic heterocycles. The maximum Gasteiger partial charge on any atom is 0.0641 e. The van der Waals surface area contributed by atoms with Gasteiger partial charge in [-0.25, -0.2) is 0 Å². The minimum absolute atomic E-state index is 0.897. The second-order valence-corrected chi connectivity index (χ2v) is 15.5. The van der Waals surface area contributed by atoms with Crippen molar-refractivity contribution >= 4 is 82.4 Å². The van der Waals surface area contributed by atoms with E-state index < -0.39 is 0 Å². The van der Waals surface area contributed by atoms with E-state index in [1.54, 1.807) is 0 Å². The minimum atomic E-state index is 0.897. The zero-order chi connectivity index (χ0) is 39.2. The third-order valence-electron chi connectivity index (χ3n) is 12.4. The van der Waals surface area contributed by atoms with Gasteiger partial charge in [0.1, 0.15) is 0 Å². The first-order chi connectivity index (χ1) is 29.2. The first kappa shape index (κ1) is 33.6. The van der Waals surface area contributed by atoms with E-state index in [-0.39, 0.29) is 0 Å². The highest BCUT2D eigenvalue weighted by Crippen LogP contribution is 2.44. The number of hydrogen-bond donors (Lipinski definition) is 0. The first-order valence-corrected chi connectivity index (χ1v) is 20.6. The Bertz CT molecular complexity index is 3650. The molecule has 4 heteroatoms. The van der Waals surface area contributed by atoms with Crippen molar-refractivity contribution in [2.45, 2.75) is 20.3 Å². The van der Waals surface area contributed by atoms with Crippen molar-refractivity contribution < 1.29 is 0 Å². The highest BCUT2D eigenvalue weighted by molar-refractivity contribution is 6.26. The van der Waals surface area contributed by atoms with Crippen molar-refractivity contribution in [3.63, 3.8) is 0 Å². The smallest absolute Gasteiger partial charge is 0.0641 e. The molecule has 0 aliphatic heterocycles. The Kier molecular flexibility index (Phi) is 7.39. The molecule has 0 amide bonds. The normalized spacial score (nSPS) is 12.2. The zero-order valence-corrected chi connectivity index (χ0v) is 33.0. The van der Waals surface area contributed by atoms with E-state index in [4.69, 9.17) is 0 Å². The van der Waals surface area contributed by atoms with E-state index in [0.29, 0.717) is 0 Å². The number of aromatic nitrogens is 4. The summed E-state index contributed by atoms with van der Waals surface area (Å²) < 4.78 is 9.89. The summed E-state index contributed by atoms with van der Waals surface area (Å²) in [4.78, 5) is 0. The van der Waals surface area contributed by atoms with Crippen LogP contribution < -0.4 is 0 Å². The SMILES string of the molecule is C/C=C\c1c(CC)c2c(ccc3c4ccccc4n(-c4ccccc4)c32)n1-c1cccc(-n2c3ccccc3c3ccc4c(c5ccccc5n4-c4ccccc4)c32)c1. The van der Waals surface area contributed by atoms with Crippen LogP contribution in [0.2, 0.25) is 0 Å². The van der Waals surface area contributed by atoms with Gasteiger partial charge in [0.25, 0.3) is 0 Å². The lowest BCUT2D eigenvalue weighted by atomic mass is 10.0. The van der Waals surface area contributed by atoms with Crippen molar-refractivity contribution in [3.05, 3.63) is 199 Å². The second kappa shape index (κ2) is 13.0. The Morgan fingerprint density at radius 3 is 1.42 bits per heavy atom. The van der Waals surface area contributed by atoms with Gasteiger partial charge < -0.3 is 18.3 Å². The predicted octanol–water partition coefficient (Wildman–Crippen LogP) is 14.5. The topological polar surface area (TPSA) is 19.7 Å².